The number of H-pyrrole nitrogens is 1. The van der Waals surface area contributed by atoms with E-state index in [4.69, 9.17) is 4.74 Å². The Hall–Kier alpha value is -3.78. The molecule has 8 heteroatoms. The first kappa shape index (κ1) is 22.4. The third kappa shape index (κ3) is 4.70. The first-order valence-corrected chi connectivity index (χ1v) is 11.4. The summed E-state index contributed by atoms with van der Waals surface area (Å²) in [7, 11) is 1.64. The maximum atomic E-state index is 12.6. The average Bonchev–Trinajstić information content (AvgIpc) is 3.20. The molecule has 4 aromatic rings. The number of hydrogen-bond acceptors (Lipinski definition) is 5. The van der Waals surface area contributed by atoms with Crippen LogP contribution < -0.4 is 10.1 Å². The normalized spacial score (nSPS) is 10.8. The SMILES string of the molecule is COc1ccc(-c2[nH]c3ccccc3c2SCCNC(=O)c2cccc([N+](=O)[O-])c2C)cc1. The van der Waals surface area contributed by atoms with E-state index in [9.17, 15) is 14.9 Å². The fourth-order valence-corrected chi connectivity index (χ4v) is 4.76. The summed E-state index contributed by atoms with van der Waals surface area (Å²) in [6.07, 6.45) is 0. The second kappa shape index (κ2) is 9.79. The molecule has 2 N–H and O–H groups in total. The largest absolute Gasteiger partial charge is 0.497 e. The van der Waals surface area contributed by atoms with E-state index in [1.54, 1.807) is 31.9 Å². The molecule has 0 fully saturated rings. The highest BCUT2D eigenvalue weighted by molar-refractivity contribution is 7.99. The van der Waals surface area contributed by atoms with Crippen LogP contribution in [-0.2, 0) is 0 Å². The van der Waals surface area contributed by atoms with Gasteiger partial charge in [-0.1, -0.05) is 24.3 Å². The minimum Gasteiger partial charge on any atom is -0.497 e. The molecule has 7 nitrogen and oxygen atoms in total. The lowest BCUT2D eigenvalue weighted by atomic mass is 10.1. The number of ether oxygens (including phenoxy) is 1. The molecule has 3 aromatic carbocycles. The standard InChI is InChI=1S/C25H23N3O4S/c1-16-19(7-5-9-22(16)28(30)31)25(29)26-14-15-33-24-20-6-3-4-8-21(20)27-23(24)17-10-12-18(32-2)13-11-17/h3-13,27H,14-15H2,1-2H3,(H,26,29). The summed E-state index contributed by atoms with van der Waals surface area (Å²) in [5.41, 5.74) is 3.74. The Balaban J connectivity index is 1.49. The van der Waals surface area contributed by atoms with Crippen molar-refractivity contribution < 1.29 is 14.5 Å². The van der Waals surface area contributed by atoms with Crippen LogP contribution in [0.15, 0.2) is 71.6 Å². The van der Waals surface area contributed by atoms with Gasteiger partial charge in [0.25, 0.3) is 11.6 Å². The molecule has 168 valence electrons. The van der Waals surface area contributed by atoms with E-state index in [1.807, 2.05) is 42.5 Å². The quantitative estimate of drug-likeness (QED) is 0.154. The highest BCUT2D eigenvalue weighted by atomic mass is 32.2. The number of carbonyl (C=O) groups excluding carboxylic acids is 1. The number of rotatable bonds is 8. The molecule has 0 spiro atoms. The van der Waals surface area contributed by atoms with Gasteiger partial charge in [0.1, 0.15) is 5.75 Å². The Bertz CT molecular complexity index is 1320. The monoisotopic (exact) mass is 461 g/mol. The van der Waals surface area contributed by atoms with Crippen LogP contribution in [0, 0.1) is 17.0 Å². The Morgan fingerprint density at radius 1 is 1.09 bits per heavy atom. The molecule has 1 heterocycles. The highest BCUT2D eigenvalue weighted by Gasteiger charge is 2.18. The molecule has 0 bridgehead atoms. The van der Waals surface area contributed by atoms with E-state index in [2.05, 4.69) is 16.4 Å². The molecule has 0 aliphatic carbocycles. The number of hydrogen-bond donors (Lipinski definition) is 2. The van der Waals surface area contributed by atoms with Gasteiger partial charge in [0.15, 0.2) is 0 Å². The van der Waals surface area contributed by atoms with Crippen molar-refractivity contribution in [1.82, 2.24) is 10.3 Å². The molecular weight excluding hydrogens is 438 g/mol. The molecule has 0 aliphatic rings. The Morgan fingerprint density at radius 3 is 2.58 bits per heavy atom. The van der Waals surface area contributed by atoms with Crippen molar-refractivity contribution in [3.8, 4) is 17.0 Å². The number of methoxy groups -OCH3 is 1. The van der Waals surface area contributed by atoms with Crippen molar-refractivity contribution in [3.05, 3.63) is 88.0 Å². The van der Waals surface area contributed by atoms with Crippen molar-refractivity contribution in [2.75, 3.05) is 19.4 Å². The van der Waals surface area contributed by atoms with Gasteiger partial charge in [0.2, 0.25) is 0 Å². The molecule has 0 aliphatic heterocycles. The zero-order valence-electron chi connectivity index (χ0n) is 18.3. The fourth-order valence-electron chi connectivity index (χ4n) is 3.71. The lowest BCUT2D eigenvalue weighted by Gasteiger charge is -2.09. The third-order valence-electron chi connectivity index (χ3n) is 5.42. The molecule has 0 atom stereocenters. The van der Waals surface area contributed by atoms with Crippen LogP contribution in [-0.4, -0.2) is 35.2 Å². The molecule has 0 saturated carbocycles. The van der Waals surface area contributed by atoms with Gasteiger partial charge in [-0.2, -0.15) is 0 Å². The van der Waals surface area contributed by atoms with Crippen LogP contribution in [0.5, 0.6) is 5.75 Å². The van der Waals surface area contributed by atoms with Crippen LogP contribution in [0.3, 0.4) is 0 Å². The van der Waals surface area contributed by atoms with Crippen molar-refractivity contribution in [2.45, 2.75) is 11.8 Å². The van der Waals surface area contributed by atoms with Crippen molar-refractivity contribution in [3.63, 3.8) is 0 Å². The van der Waals surface area contributed by atoms with Crippen LogP contribution in [0.4, 0.5) is 5.69 Å². The number of fused-ring (bicyclic) bond motifs is 1. The van der Waals surface area contributed by atoms with Gasteiger partial charge in [-0.15, -0.1) is 11.8 Å². The third-order valence-corrected chi connectivity index (χ3v) is 6.54. The number of carbonyl (C=O) groups is 1. The van der Waals surface area contributed by atoms with Crippen LogP contribution >= 0.6 is 11.8 Å². The van der Waals surface area contributed by atoms with Crippen LogP contribution in [0.2, 0.25) is 0 Å². The molecule has 1 aromatic heterocycles. The lowest BCUT2D eigenvalue weighted by Crippen LogP contribution is -2.26. The van der Waals surface area contributed by atoms with E-state index in [-0.39, 0.29) is 11.6 Å². The summed E-state index contributed by atoms with van der Waals surface area (Å²) in [5.74, 6) is 1.12. The van der Waals surface area contributed by atoms with E-state index in [0.29, 0.717) is 23.4 Å². The van der Waals surface area contributed by atoms with Gasteiger partial charge in [-0.05, 0) is 48.9 Å². The van der Waals surface area contributed by atoms with Crippen molar-refractivity contribution >= 4 is 34.3 Å². The van der Waals surface area contributed by atoms with E-state index in [1.165, 1.54) is 12.1 Å². The zero-order chi connectivity index (χ0) is 23.4. The topological polar surface area (TPSA) is 97.3 Å². The smallest absolute Gasteiger partial charge is 0.273 e. The van der Waals surface area contributed by atoms with E-state index >= 15 is 0 Å². The minimum atomic E-state index is -0.473. The van der Waals surface area contributed by atoms with Crippen LogP contribution in [0.1, 0.15) is 15.9 Å². The van der Waals surface area contributed by atoms with E-state index in [0.717, 1.165) is 32.8 Å². The van der Waals surface area contributed by atoms with Crippen molar-refractivity contribution in [1.29, 1.82) is 0 Å². The number of benzene rings is 3. The summed E-state index contributed by atoms with van der Waals surface area (Å²) in [5, 5.41) is 15.1. The number of thioether (sulfide) groups is 1. The molecule has 1 amide bonds. The molecule has 33 heavy (non-hydrogen) atoms. The van der Waals surface area contributed by atoms with E-state index < -0.39 is 4.92 Å². The van der Waals surface area contributed by atoms with Gasteiger partial charge >= 0.3 is 0 Å². The highest BCUT2D eigenvalue weighted by Crippen LogP contribution is 2.38. The van der Waals surface area contributed by atoms with Gasteiger partial charge in [0.05, 0.1) is 17.7 Å². The van der Waals surface area contributed by atoms with Crippen LogP contribution in [0.25, 0.3) is 22.2 Å². The predicted octanol–water partition coefficient (Wildman–Crippen LogP) is 5.58. The maximum Gasteiger partial charge on any atom is 0.273 e. The van der Waals surface area contributed by atoms with Gasteiger partial charge < -0.3 is 15.0 Å². The Morgan fingerprint density at radius 2 is 1.85 bits per heavy atom. The number of nitrogens with zero attached hydrogens (tertiary/aromatic N) is 1. The maximum absolute atomic E-state index is 12.6. The van der Waals surface area contributed by atoms with Gasteiger partial charge in [0, 0.05) is 45.3 Å². The molecule has 0 unspecified atom stereocenters. The minimum absolute atomic E-state index is 0.0556. The van der Waals surface area contributed by atoms with Gasteiger partial charge in [-0.25, -0.2) is 0 Å². The first-order chi connectivity index (χ1) is 16.0. The first-order valence-electron chi connectivity index (χ1n) is 10.4. The number of nitrogens with one attached hydrogen (secondary N) is 2. The number of aromatic amines is 1. The molecule has 0 saturated heterocycles. The number of aromatic nitrogens is 1. The fraction of sp³-hybridized carbons (Fsp3) is 0.160. The summed E-state index contributed by atoms with van der Waals surface area (Å²) in [6.45, 7) is 2.02. The Labute approximate surface area is 195 Å². The Kier molecular flexibility index (Phi) is 6.65. The summed E-state index contributed by atoms with van der Waals surface area (Å²) < 4.78 is 5.27. The number of amides is 1. The summed E-state index contributed by atoms with van der Waals surface area (Å²) in [4.78, 5) is 27.9. The van der Waals surface area contributed by atoms with Crippen molar-refractivity contribution in [2.24, 2.45) is 0 Å². The summed E-state index contributed by atoms with van der Waals surface area (Å²) >= 11 is 1.65. The average molecular weight is 462 g/mol. The number of nitro groups is 1. The lowest BCUT2D eigenvalue weighted by molar-refractivity contribution is -0.385. The molecular formula is C25H23N3O4S. The second-order valence-electron chi connectivity index (χ2n) is 7.41. The molecule has 4 rings (SSSR count). The zero-order valence-corrected chi connectivity index (χ0v) is 19.1. The second-order valence-corrected chi connectivity index (χ2v) is 8.52. The number of para-hydroxylation sites is 1. The van der Waals surface area contributed by atoms with Gasteiger partial charge in [-0.3, -0.25) is 14.9 Å². The summed E-state index contributed by atoms with van der Waals surface area (Å²) in [6, 6.07) is 20.5. The molecule has 0 radical (unpaired) electrons. The number of nitro benzene ring substituents is 1. The predicted molar refractivity (Wildman–Crippen MR) is 131 cm³/mol.